The fourth-order valence-electron chi connectivity index (χ4n) is 1.25. The van der Waals surface area contributed by atoms with Gasteiger partial charge in [-0.25, -0.2) is 12.8 Å². The predicted octanol–water partition coefficient (Wildman–Crippen LogP) is 1.26. The highest BCUT2D eigenvalue weighted by Crippen LogP contribution is 2.19. The minimum atomic E-state index is -3.21. The monoisotopic (exact) mass is 231 g/mol. The molecule has 0 heterocycles. The van der Waals surface area contributed by atoms with Crippen molar-refractivity contribution in [3.05, 3.63) is 35.6 Å². The van der Waals surface area contributed by atoms with E-state index in [2.05, 4.69) is 0 Å². The average molecular weight is 231 g/mol. The minimum absolute atomic E-state index is 0.413. The summed E-state index contributed by atoms with van der Waals surface area (Å²) in [6.07, 6.45) is 1.12. The zero-order valence-corrected chi connectivity index (χ0v) is 9.46. The van der Waals surface area contributed by atoms with Crippen LogP contribution in [0.4, 0.5) is 4.39 Å². The fourth-order valence-corrected chi connectivity index (χ4v) is 1.94. The lowest BCUT2D eigenvalue weighted by molar-refractivity contribution is 0.568. The van der Waals surface area contributed by atoms with E-state index in [1.165, 1.54) is 25.1 Å². The summed E-state index contributed by atoms with van der Waals surface area (Å²) in [4.78, 5) is 0. The van der Waals surface area contributed by atoms with E-state index in [9.17, 15) is 12.8 Å². The second-order valence-corrected chi connectivity index (χ2v) is 6.02. The van der Waals surface area contributed by atoms with Gasteiger partial charge in [-0.3, -0.25) is 0 Å². The second-order valence-electron chi connectivity index (χ2n) is 3.62. The number of benzene rings is 1. The highest BCUT2D eigenvalue weighted by molar-refractivity contribution is 7.91. The quantitative estimate of drug-likeness (QED) is 0.852. The van der Waals surface area contributed by atoms with E-state index < -0.39 is 26.9 Å². The molecular weight excluding hydrogens is 217 g/mol. The van der Waals surface area contributed by atoms with Gasteiger partial charge in [-0.1, -0.05) is 12.1 Å². The molecule has 0 bridgehead atoms. The molecule has 84 valence electrons. The molecule has 0 aliphatic rings. The molecule has 0 radical (unpaired) electrons. The van der Waals surface area contributed by atoms with Gasteiger partial charge in [0.2, 0.25) is 0 Å². The van der Waals surface area contributed by atoms with Crippen LogP contribution >= 0.6 is 0 Å². The van der Waals surface area contributed by atoms with Gasteiger partial charge >= 0.3 is 0 Å². The van der Waals surface area contributed by atoms with Crippen LogP contribution in [0.25, 0.3) is 0 Å². The molecule has 0 saturated carbocycles. The van der Waals surface area contributed by atoms with Gasteiger partial charge in [0, 0.05) is 12.3 Å². The summed E-state index contributed by atoms with van der Waals surface area (Å²) < 4.78 is 35.4. The molecule has 2 atom stereocenters. The van der Waals surface area contributed by atoms with Crippen LogP contribution in [-0.2, 0) is 9.84 Å². The van der Waals surface area contributed by atoms with Gasteiger partial charge in [0.1, 0.15) is 5.82 Å². The lowest BCUT2D eigenvalue weighted by Gasteiger charge is -2.18. The Bertz CT molecular complexity index is 444. The standard InChI is InChI=1S/C10H14FNO2S/c1-7(15(2,13)14)10(12)8-4-3-5-9(11)6-8/h3-7,10H,12H2,1-2H3/t7-,10-/m0/s1. The van der Waals surface area contributed by atoms with Crippen molar-refractivity contribution in [2.75, 3.05) is 6.26 Å². The van der Waals surface area contributed by atoms with Gasteiger partial charge in [0.25, 0.3) is 0 Å². The van der Waals surface area contributed by atoms with E-state index in [-0.39, 0.29) is 0 Å². The first-order chi connectivity index (χ1) is 6.82. The Labute approximate surface area is 89.0 Å². The van der Waals surface area contributed by atoms with Crippen molar-refractivity contribution in [2.45, 2.75) is 18.2 Å². The molecule has 0 spiro atoms. The molecule has 0 fully saturated rings. The van der Waals surface area contributed by atoms with Crippen LogP contribution < -0.4 is 5.73 Å². The Morgan fingerprint density at radius 1 is 1.40 bits per heavy atom. The third-order valence-electron chi connectivity index (χ3n) is 2.41. The fraction of sp³-hybridized carbons (Fsp3) is 0.400. The van der Waals surface area contributed by atoms with E-state index in [1.807, 2.05) is 0 Å². The minimum Gasteiger partial charge on any atom is -0.323 e. The molecule has 15 heavy (non-hydrogen) atoms. The summed E-state index contributed by atoms with van der Waals surface area (Å²) in [6.45, 7) is 1.52. The zero-order chi connectivity index (χ0) is 11.6. The Morgan fingerprint density at radius 2 is 2.00 bits per heavy atom. The van der Waals surface area contributed by atoms with E-state index in [0.717, 1.165) is 6.26 Å². The van der Waals surface area contributed by atoms with Crippen LogP contribution in [0.2, 0.25) is 0 Å². The Balaban J connectivity index is 3.00. The molecule has 1 rings (SSSR count). The van der Waals surface area contributed by atoms with E-state index in [0.29, 0.717) is 5.56 Å². The molecule has 2 N–H and O–H groups in total. The topological polar surface area (TPSA) is 60.2 Å². The molecule has 0 aliphatic carbocycles. The summed E-state index contributed by atoms with van der Waals surface area (Å²) in [6, 6.07) is 4.98. The van der Waals surface area contributed by atoms with Crippen molar-refractivity contribution in [3.63, 3.8) is 0 Å². The summed E-state index contributed by atoms with van der Waals surface area (Å²) >= 11 is 0. The molecule has 0 aliphatic heterocycles. The number of hydrogen-bond acceptors (Lipinski definition) is 3. The van der Waals surface area contributed by atoms with Gasteiger partial charge < -0.3 is 5.73 Å². The third kappa shape index (κ3) is 3.00. The van der Waals surface area contributed by atoms with Crippen molar-refractivity contribution in [3.8, 4) is 0 Å². The third-order valence-corrected chi connectivity index (χ3v) is 4.06. The molecule has 0 unspecified atom stereocenters. The molecule has 1 aromatic carbocycles. The van der Waals surface area contributed by atoms with Gasteiger partial charge in [-0.15, -0.1) is 0 Å². The number of sulfone groups is 1. The van der Waals surface area contributed by atoms with Crippen LogP contribution in [0, 0.1) is 5.82 Å². The van der Waals surface area contributed by atoms with Gasteiger partial charge in [-0.2, -0.15) is 0 Å². The first kappa shape index (κ1) is 12.1. The normalized spacial score (nSPS) is 16.0. The smallest absolute Gasteiger partial charge is 0.151 e. The highest BCUT2D eigenvalue weighted by Gasteiger charge is 2.24. The van der Waals surface area contributed by atoms with Crippen LogP contribution in [-0.4, -0.2) is 19.9 Å². The highest BCUT2D eigenvalue weighted by atomic mass is 32.2. The molecule has 5 heteroatoms. The predicted molar refractivity (Wildman–Crippen MR) is 57.6 cm³/mol. The molecule has 0 saturated heterocycles. The maximum Gasteiger partial charge on any atom is 0.151 e. The average Bonchev–Trinajstić information content (AvgIpc) is 2.14. The van der Waals surface area contributed by atoms with Crippen LogP contribution in [0.15, 0.2) is 24.3 Å². The van der Waals surface area contributed by atoms with E-state index in [1.54, 1.807) is 6.07 Å². The van der Waals surface area contributed by atoms with Gasteiger partial charge in [-0.05, 0) is 24.6 Å². The largest absolute Gasteiger partial charge is 0.323 e. The molecular formula is C10H14FNO2S. The Kier molecular flexibility index (Phi) is 3.46. The summed E-state index contributed by atoms with van der Waals surface area (Å²) in [5, 5.41) is -0.723. The van der Waals surface area contributed by atoms with Crippen molar-refractivity contribution in [1.29, 1.82) is 0 Å². The van der Waals surface area contributed by atoms with Crippen LogP contribution in [0.1, 0.15) is 18.5 Å². The number of nitrogens with two attached hydrogens (primary N) is 1. The summed E-state index contributed by atoms with van der Waals surface area (Å²) in [7, 11) is -3.21. The van der Waals surface area contributed by atoms with E-state index in [4.69, 9.17) is 5.73 Å². The zero-order valence-electron chi connectivity index (χ0n) is 8.64. The Morgan fingerprint density at radius 3 is 2.47 bits per heavy atom. The summed E-state index contributed by atoms with van der Waals surface area (Å²) in [5.74, 6) is -0.413. The number of rotatable bonds is 3. The maximum atomic E-state index is 12.9. The summed E-state index contributed by atoms with van der Waals surface area (Å²) in [5.41, 5.74) is 6.24. The van der Waals surface area contributed by atoms with Crippen molar-refractivity contribution in [1.82, 2.24) is 0 Å². The SMILES string of the molecule is C[C@@H]([C@H](N)c1cccc(F)c1)S(C)(=O)=O. The maximum absolute atomic E-state index is 12.9. The van der Waals surface area contributed by atoms with Crippen molar-refractivity contribution < 1.29 is 12.8 Å². The number of halogens is 1. The van der Waals surface area contributed by atoms with E-state index >= 15 is 0 Å². The molecule has 3 nitrogen and oxygen atoms in total. The second kappa shape index (κ2) is 4.28. The number of hydrogen-bond donors (Lipinski definition) is 1. The lowest BCUT2D eigenvalue weighted by atomic mass is 10.1. The molecule has 1 aromatic rings. The first-order valence-corrected chi connectivity index (χ1v) is 6.47. The van der Waals surface area contributed by atoms with Crippen LogP contribution in [0.5, 0.6) is 0 Å². The Hall–Kier alpha value is -0.940. The van der Waals surface area contributed by atoms with Crippen molar-refractivity contribution >= 4 is 9.84 Å². The lowest BCUT2D eigenvalue weighted by Crippen LogP contribution is -2.30. The van der Waals surface area contributed by atoms with Gasteiger partial charge in [0.15, 0.2) is 9.84 Å². The van der Waals surface area contributed by atoms with Crippen molar-refractivity contribution in [2.24, 2.45) is 5.73 Å². The first-order valence-electron chi connectivity index (χ1n) is 4.52. The van der Waals surface area contributed by atoms with Crippen LogP contribution in [0.3, 0.4) is 0 Å². The molecule has 0 aromatic heterocycles. The van der Waals surface area contributed by atoms with Gasteiger partial charge in [0.05, 0.1) is 5.25 Å². The molecule has 0 amide bonds.